The third-order valence-electron chi connectivity index (χ3n) is 5.86. The molecule has 0 saturated carbocycles. The molecule has 10 heteroatoms. The number of aromatic nitrogens is 1. The first-order valence-corrected chi connectivity index (χ1v) is 12.8. The number of ether oxygens (including phenoxy) is 1. The van der Waals surface area contributed by atoms with Crippen molar-refractivity contribution in [2.24, 2.45) is 4.99 Å². The number of hydrogen-bond donors (Lipinski definition) is 2. The first-order valence-electron chi connectivity index (χ1n) is 12.0. The summed E-state index contributed by atoms with van der Waals surface area (Å²) in [5.74, 6) is 1.48. The number of thiazole rings is 1. The summed E-state index contributed by atoms with van der Waals surface area (Å²) >= 11 is 0.622. The first kappa shape index (κ1) is 26.0. The highest BCUT2D eigenvalue weighted by Crippen LogP contribution is 2.42. The number of aliphatic imine (C=N–C) groups is 1. The molecule has 192 valence electrons. The van der Waals surface area contributed by atoms with Crippen LogP contribution in [0.1, 0.15) is 36.9 Å². The van der Waals surface area contributed by atoms with Crippen molar-refractivity contribution in [3.05, 3.63) is 70.6 Å². The number of allylic oxidation sites excluding steroid dienone is 5. The summed E-state index contributed by atoms with van der Waals surface area (Å²) in [4.78, 5) is 10.6. The van der Waals surface area contributed by atoms with Gasteiger partial charge in [0.05, 0.1) is 18.5 Å². The summed E-state index contributed by atoms with van der Waals surface area (Å²) in [5, 5.41) is 5.90. The van der Waals surface area contributed by atoms with E-state index in [0.717, 1.165) is 44.7 Å². The van der Waals surface area contributed by atoms with Crippen molar-refractivity contribution in [1.29, 1.82) is 0 Å². The van der Waals surface area contributed by atoms with Crippen molar-refractivity contribution in [2.75, 3.05) is 38.6 Å². The number of anilines is 2. The van der Waals surface area contributed by atoms with Crippen LogP contribution in [-0.4, -0.2) is 49.0 Å². The lowest BCUT2D eigenvalue weighted by Crippen LogP contribution is -2.35. The number of alkyl halides is 3. The van der Waals surface area contributed by atoms with E-state index in [1.165, 1.54) is 5.57 Å². The third kappa shape index (κ3) is 6.36. The Morgan fingerprint density at radius 2 is 2.00 bits per heavy atom. The van der Waals surface area contributed by atoms with Gasteiger partial charge in [-0.1, -0.05) is 42.5 Å². The molecular weight excluding hydrogens is 487 g/mol. The van der Waals surface area contributed by atoms with Crippen LogP contribution < -0.4 is 10.6 Å². The van der Waals surface area contributed by atoms with Crippen LogP contribution in [0.5, 0.6) is 0 Å². The molecule has 0 unspecified atom stereocenters. The van der Waals surface area contributed by atoms with Gasteiger partial charge in [0.2, 0.25) is 5.01 Å². The van der Waals surface area contributed by atoms with Gasteiger partial charge >= 0.3 is 6.18 Å². The molecule has 1 aromatic carbocycles. The maximum atomic E-state index is 13.2. The molecule has 0 radical (unpaired) electrons. The van der Waals surface area contributed by atoms with E-state index in [-0.39, 0.29) is 5.69 Å². The molecule has 3 aliphatic rings. The maximum absolute atomic E-state index is 13.2. The Hall–Kier alpha value is -3.11. The van der Waals surface area contributed by atoms with Gasteiger partial charge in [0, 0.05) is 19.6 Å². The Labute approximate surface area is 213 Å². The van der Waals surface area contributed by atoms with Crippen molar-refractivity contribution < 1.29 is 17.9 Å². The number of rotatable bonds is 2. The summed E-state index contributed by atoms with van der Waals surface area (Å²) in [6.07, 6.45) is 6.95. The number of nitrogens with zero attached hydrogens (tertiary/aromatic N) is 3. The standard InChI is InChI=1S/C16H16F3N5S.C10H14O/c17-16(18,19)15-23-12-13(24-8-3-6-20-7-9-24)21-10-4-1-2-5-11(10)22-14(12)25-15;1-3-9-6-4-5-7-10(8-9)11-2/h1-2,4-5,20,22H,3,6-9H2;4,6-8H,3,5H2,1-2H3. The van der Waals surface area contributed by atoms with Gasteiger partial charge < -0.3 is 20.3 Å². The van der Waals surface area contributed by atoms with Crippen molar-refractivity contribution in [2.45, 2.75) is 32.4 Å². The van der Waals surface area contributed by atoms with E-state index in [0.29, 0.717) is 40.1 Å². The molecule has 6 nitrogen and oxygen atoms in total. The number of amidine groups is 1. The SMILES string of the molecule is CCC1=CC(OC)=CCC=C1.FC(F)(F)c1nc2c(s1)Nc1ccccc1N=C2N1CCCNCC1. The number of methoxy groups -OCH3 is 1. The molecule has 0 amide bonds. The minimum atomic E-state index is -4.47. The second-order valence-electron chi connectivity index (χ2n) is 8.38. The highest BCUT2D eigenvalue weighted by Gasteiger charge is 2.38. The zero-order chi connectivity index (χ0) is 25.5. The van der Waals surface area contributed by atoms with Crippen LogP contribution in [0.4, 0.5) is 29.5 Å². The second-order valence-corrected chi connectivity index (χ2v) is 9.38. The van der Waals surface area contributed by atoms with E-state index in [4.69, 9.17) is 4.74 Å². The molecule has 2 N–H and O–H groups in total. The molecule has 1 aromatic heterocycles. The predicted octanol–water partition coefficient (Wildman–Crippen LogP) is 6.41. The lowest BCUT2D eigenvalue weighted by molar-refractivity contribution is -0.137. The van der Waals surface area contributed by atoms with E-state index in [1.54, 1.807) is 7.11 Å². The number of benzene rings is 1. The lowest BCUT2D eigenvalue weighted by Gasteiger charge is -2.22. The summed E-state index contributed by atoms with van der Waals surface area (Å²) in [6.45, 7) is 5.20. The molecule has 2 aromatic rings. The van der Waals surface area contributed by atoms with Gasteiger partial charge in [0.25, 0.3) is 0 Å². The second kappa shape index (κ2) is 11.7. The van der Waals surface area contributed by atoms with Gasteiger partial charge in [-0.05, 0) is 55.7 Å². The van der Waals surface area contributed by atoms with E-state index in [9.17, 15) is 13.2 Å². The Bertz CT molecular complexity index is 1170. The number of fused-ring (bicyclic) bond motifs is 2. The quantitative estimate of drug-likeness (QED) is 0.482. The van der Waals surface area contributed by atoms with Gasteiger partial charge in [-0.3, -0.25) is 0 Å². The fourth-order valence-corrected chi connectivity index (χ4v) is 4.82. The zero-order valence-electron chi connectivity index (χ0n) is 20.4. The van der Waals surface area contributed by atoms with Crippen molar-refractivity contribution in [3.63, 3.8) is 0 Å². The van der Waals surface area contributed by atoms with Crippen LogP contribution >= 0.6 is 11.3 Å². The molecule has 1 fully saturated rings. The monoisotopic (exact) mass is 517 g/mol. The van der Waals surface area contributed by atoms with E-state index in [1.807, 2.05) is 29.2 Å². The lowest BCUT2D eigenvalue weighted by atomic mass is 10.2. The van der Waals surface area contributed by atoms with Crippen LogP contribution in [0.3, 0.4) is 0 Å². The highest BCUT2D eigenvalue weighted by molar-refractivity contribution is 7.16. The molecule has 3 heterocycles. The van der Waals surface area contributed by atoms with Crippen LogP contribution in [0.25, 0.3) is 0 Å². The maximum Gasteiger partial charge on any atom is 0.443 e. The summed E-state index contributed by atoms with van der Waals surface area (Å²) in [7, 11) is 1.71. The smallest absolute Gasteiger partial charge is 0.443 e. The normalized spacial score (nSPS) is 17.5. The summed E-state index contributed by atoms with van der Waals surface area (Å²) in [6, 6.07) is 7.34. The fourth-order valence-electron chi connectivity index (χ4n) is 3.98. The molecule has 1 saturated heterocycles. The molecule has 5 rings (SSSR count). The number of halogens is 3. The number of nitrogens with one attached hydrogen (secondary N) is 2. The van der Waals surface area contributed by atoms with Crippen molar-refractivity contribution in [1.82, 2.24) is 15.2 Å². The molecule has 1 aliphatic carbocycles. The average Bonchev–Trinajstić information content (AvgIpc) is 3.06. The first-order chi connectivity index (χ1) is 17.4. The topological polar surface area (TPSA) is 61.8 Å². The van der Waals surface area contributed by atoms with Gasteiger partial charge in [0.1, 0.15) is 16.5 Å². The molecule has 0 spiro atoms. The summed E-state index contributed by atoms with van der Waals surface area (Å²) < 4.78 is 44.6. The van der Waals surface area contributed by atoms with Crippen LogP contribution in [0.15, 0.2) is 64.9 Å². The fraction of sp³-hybridized carbons (Fsp3) is 0.385. The van der Waals surface area contributed by atoms with Gasteiger partial charge in [-0.2, -0.15) is 13.2 Å². The van der Waals surface area contributed by atoms with E-state index in [2.05, 4.69) is 51.8 Å². The minimum Gasteiger partial charge on any atom is -0.497 e. The van der Waals surface area contributed by atoms with Gasteiger partial charge in [-0.15, -0.1) is 0 Å². The number of hydrogen-bond acceptors (Lipinski definition) is 7. The molecule has 36 heavy (non-hydrogen) atoms. The minimum absolute atomic E-state index is 0.274. The van der Waals surface area contributed by atoms with Crippen LogP contribution in [0.2, 0.25) is 0 Å². The van der Waals surface area contributed by atoms with Crippen molar-refractivity contribution in [3.8, 4) is 0 Å². The van der Waals surface area contributed by atoms with Gasteiger partial charge in [-0.25, -0.2) is 9.98 Å². The number of para-hydroxylation sites is 2. The van der Waals surface area contributed by atoms with Crippen LogP contribution in [-0.2, 0) is 10.9 Å². The van der Waals surface area contributed by atoms with E-state index < -0.39 is 11.2 Å². The third-order valence-corrected chi connectivity index (χ3v) is 6.87. The summed E-state index contributed by atoms with van der Waals surface area (Å²) in [5.41, 5.74) is 2.99. The molecule has 0 bridgehead atoms. The average molecular weight is 518 g/mol. The Kier molecular flexibility index (Phi) is 8.48. The molecular formula is C26H30F3N5OS. The van der Waals surface area contributed by atoms with Crippen LogP contribution in [0, 0.1) is 0 Å². The van der Waals surface area contributed by atoms with Crippen molar-refractivity contribution >= 4 is 33.5 Å². The Balaban J connectivity index is 0.000000233. The predicted molar refractivity (Wildman–Crippen MR) is 139 cm³/mol. The Morgan fingerprint density at radius 1 is 1.17 bits per heavy atom. The Morgan fingerprint density at radius 3 is 2.78 bits per heavy atom. The van der Waals surface area contributed by atoms with Gasteiger partial charge in [0.15, 0.2) is 5.84 Å². The zero-order valence-corrected chi connectivity index (χ0v) is 21.2. The highest BCUT2D eigenvalue weighted by atomic mass is 32.1. The largest absolute Gasteiger partial charge is 0.497 e. The van der Waals surface area contributed by atoms with E-state index >= 15 is 0 Å². The molecule has 0 atom stereocenters. The molecule has 2 aliphatic heterocycles.